The minimum atomic E-state index is -1.30. The van der Waals surface area contributed by atoms with Gasteiger partial charge in [0.25, 0.3) is 11.8 Å². The molecule has 7 nitrogen and oxygen atoms in total. The summed E-state index contributed by atoms with van der Waals surface area (Å²) in [6, 6.07) is 11.0. The van der Waals surface area contributed by atoms with E-state index in [2.05, 4.69) is 0 Å². The Balaban J connectivity index is 2.07. The predicted molar refractivity (Wildman–Crippen MR) is 90.6 cm³/mol. The van der Waals surface area contributed by atoms with Crippen LogP contribution in [0, 0.1) is 0 Å². The molecule has 0 bridgehead atoms. The normalized spacial score (nSPS) is 15.5. The van der Waals surface area contributed by atoms with Crippen molar-refractivity contribution in [3.05, 3.63) is 65.2 Å². The predicted octanol–water partition coefficient (Wildman–Crippen LogP) is 1.92. The Morgan fingerprint density at radius 2 is 1.50 bits per heavy atom. The lowest BCUT2D eigenvalue weighted by Gasteiger charge is -2.30. The molecule has 2 amide bonds. The zero-order chi connectivity index (χ0) is 18.8. The Kier molecular flexibility index (Phi) is 4.73. The summed E-state index contributed by atoms with van der Waals surface area (Å²) in [7, 11) is 2.54. The first-order chi connectivity index (χ1) is 12.5. The SMILES string of the molecule is COC(=O)[C@H]([C@@H](OC)c1ccc(O)cc1)N1C(=O)c2ccccc2C1=O. The Morgan fingerprint density at radius 3 is 1.96 bits per heavy atom. The van der Waals surface area contributed by atoms with Crippen molar-refractivity contribution in [1.82, 2.24) is 4.90 Å². The van der Waals surface area contributed by atoms with Gasteiger partial charge in [-0.15, -0.1) is 0 Å². The molecule has 0 aliphatic carbocycles. The maximum atomic E-state index is 12.8. The van der Waals surface area contributed by atoms with Gasteiger partial charge in [0.1, 0.15) is 11.9 Å². The van der Waals surface area contributed by atoms with Crippen molar-refractivity contribution >= 4 is 17.8 Å². The van der Waals surface area contributed by atoms with E-state index in [0.29, 0.717) is 5.56 Å². The van der Waals surface area contributed by atoms with E-state index in [1.54, 1.807) is 24.3 Å². The molecule has 134 valence electrons. The molecule has 26 heavy (non-hydrogen) atoms. The molecular weight excluding hydrogens is 338 g/mol. The van der Waals surface area contributed by atoms with E-state index in [1.165, 1.54) is 38.5 Å². The number of methoxy groups -OCH3 is 2. The molecule has 2 aromatic carbocycles. The number of carbonyl (C=O) groups is 3. The number of hydrogen-bond acceptors (Lipinski definition) is 6. The van der Waals surface area contributed by atoms with Gasteiger partial charge in [-0.3, -0.25) is 14.5 Å². The average Bonchev–Trinajstić information content (AvgIpc) is 2.91. The van der Waals surface area contributed by atoms with E-state index in [-0.39, 0.29) is 16.9 Å². The van der Waals surface area contributed by atoms with Crippen LogP contribution in [0.3, 0.4) is 0 Å². The molecule has 2 aromatic rings. The van der Waals surface area contributed by atoms with E-state index < -0.39 is 29.9 Å². The zero-order valence-corrected chi connectivity index (χ0v) is 14.2. The minimum absolute atomic E-state index is 0.0407. The Labute approximate surface area is 149 Å². The molecule has 2 atom stereocenters. The zero-order valence-electron chi connectivity index (χ0n) is 14.2. The second kappa shape index (κ2) is 6.97. The van der Waals surface area contributed by atoms with Crippen molar-refractivity contribution in [1.29, 1.82) is 0 Å². The first-order valence-electron chi connectivity index (χ1n) is 7.86. The lowest BCUT2D eigenvalue weighted by atomic mass is 10.0. The highest BCUT2D eigenvalue weighted by Gasteiger charge is 2.47. The lowest BCUT2D eigenvalue weighted by Crippen LogP contribution is -2.49. The maximum absolute atomic E-state index is 12.8. The van der Waals surface area contributed by atoms with Crippen molar-refractivity contribution in [2.75, 3.05) is 14.2 Å². The summed E-state index contributed by atoms with van der Waals surface area (Å²) < 4.78 is 10.3. The van der Waals surface area contributed by atoms with Gasteiger partial charge in [-0.05, 0) is 29.8 Å². The summed E-state index contributed by atoms with van der Waals surface area (Å²) >= 11 is 0. The van der Waals surface area contributed by atoms with Gasteiger partial charge in [0.15, 0.2) is 6.04 Å². The molecule has 1 aliphatic rings. The van der Waals surface area contributed by atoms with Gasteiger partial charge in [-0.25, -0.2) is 4.79 Å². The number of phenols is 1. The summed E-state index contributed by atoms with van der Waals surface area (Å²) in [6.07, 6.45) is -0.953. The van der Waals surface area contributed by atoms with E-state index in [9.17, 15) is 19.5 Å². The fourth-order valence-electron chi connectivity index (χ4n) is 3.06. The van der Waals surface area contributed by atoms with Crippen LogP contribution in [0.1, 0.15) is 32.4 Å². The van der Waals surface area contributed by atoms with Crippen LogP contribution in [0.2, 0.25) is 0 Å². The summed E-state index contributed by atoms with van der Waals surface area (Å²) in [5.74, 6) is -1.90. The van der Waals surface area contributed by atoms with Crippen molar-refractivity contribution in [3.8, 4) is 5.75 Å². The smallest absolute Gasteiger partial charge is 0.332 e. The second-order valence-corrected chi connectivity index (χ2v) is 5.74. The van der Waals surface area contributed by atoms with Crippen LogP contribution in [0.5, 0.6) is 5.75 Å². The van der Waals surface area contributed by atoms with Gasteiger partial charge < -0.3 is 14.6 Å². The molecule has 0 saturated heterocycles. The first-order valence-corrected chi connectivity index (χ1v) is 7.86. The fourth-order valence-corrected chi connectivity index (χ4v) is 3.06. The maximum Gasteiger partial charge on any atom is 0.332 e. The van der Waals surface area contributed by atoms with Crippen LogP contribution < -0.4 is 0 Å². The highest BCUT2D eigenvalue weighted by molar-refractivity contribution is 6.22. The van der Waals surface area contributed by atoms with Crippen LogP contribution in [0.15, 0.2) is 48.5 Å². The number of carbonyl (C=O) groups excluding carboxylic acids is 3. The highest BCUT2D eigenvalue weighted by atomic mass is 16.5. The third-order valence-corrected chi connectivity index (χ3v) is 4.31. The van der Waals surface area contributed by atoms with Gasteiger partial charge in [0, 0.05) is 7.11 Å². The highest BCUT2D eigenvalue weighted by Crippen LogP contribution is 2.32. The van der Waals surface area contributed by atoms with Gasteiger partial charge >= 0.3 is 5.97 Å². The quantitative estimate of drug-likeness (QED) is 0.651. The fraction of sp³-hybridized carbons (Fsp3) is 0.211. The summed E-state index contributed by atoms with van der Waals surface area (Å²) in [4.78, 5) is 38.9. The van der Waals surface area contributed by atoms with E-state index >= 15 is 0 Å². The molecule has 0 radical (unpaired) electrons. The Hall–Kier alpha value is -3.19. The number of aromatic hydroxyl groups is 1. The monoisotopic (exact) mass is 355 g/mol. The molecule has 0 saturated carbocycles. The molecule has 1 heterocycles. The average molecular weight is 355 g/mol. The molecule has 0 spiro atoms. The number of imide groups is 1. The number of benzene rings is 2. The van der Waals surface area contributed by atoms with Crippen LogP contribution in [0.25, 0.3) is 0 Å². The van der Waals surface area contributed by atoms with Crippen LogP contribution in [-0.2, 0) is 14.3 Å². The van der Waals surface area contributed by atoms with Crippen LogP contribution in [-0.4, -0.2) is 48.1 Å². The lowest BCUT2D eigenvalue weighted by molar-refractivity contribution is -0.150. The van der Waals surface area contributed by atoms with Gasteiger partial charge in [-0.2, -0.15) is 0 Å². The van der Waals surface area contributed by atoms with E-state index in [0.717, 1.165) is 4.90 Å². The summed E-state index contributed by atoms with van der Waals surface area (Å²) in [5, 5.41) is 9.47. The van der Waals surface area contributed by atoms with Crippen molar-refractivity contribution < 1.29 is 29.0 Å². The van der Waals surface area contributed by atoms with E-state index in [4.69, 9.17) is 9.47 Å². The molecule has 3 rings (SSSR count). The number of esters is 1. The largest absolute Gasteiger partial charge is 0.508 e. The summed E-state index contributed by atoms with van der Waals surface area (Å²) in [5.41, 5.74) is 0.969. The summed E-state index contributed by atoms with van der Waals surface area (Å²) in [6.45, 7) is 0. The van der Waals surface area contributed by atoms with Gasteiger partial charge in [-0.1, -0.05) is 24.3 Å². The standard InChI is InChI=1S/C19H17NO6/c1-25-16(11-7-9-12(21)10-8-11)15(19(24)26-2)20-17(22)13-5-3-4-6-14(13)18(20)23/h3-10,15-16,21H,1-2H3/t15-,16-/m0/s1. The number of hydrogen-bond donors (Lipinski definition) is 1. The molecule has 0 aromatic heterocycles. The number of fused-ring (bicyclic) bond motifs is 1. The molecule has 0 fully saturated rings. The Bertz CT molecular complexity index is 826. The van der Waals surface area contributed by atoms with Crippen LogP contribution in [0.4, 0.5) is 0 Å². The van der Waals surface area contributed by atoms with Crippen molar-refractivity contribution in [2.45, 2.75) is 12.1 Å². The van der Waals surface area contributed by atoms with Crippen molar-refractivity contribution in [3.63, 3.8) is 0 Å². The number of ether oxygens (including phenoxy) is 2. The van der Waals surface area contributed by atoms with Gasteiger partial charge in [0.05, 0.1) is 18.2 Å². The topological polar surface area (TPSA) is 93.1 Å². The number of phenolic OH excluding ortho intramolecular Hbond substituents is 1. The number of rotatable bonds is 5. The third kappa shape index (κ3) is 2.82. The van der Waals surface area contributed by atoms with E-state index in [1.807, 2.05) is 0 Å². The Morgan fingerprint density at radius 1 is 0.962 bits per heavy atom. The minimum Gasteiger partial charge on any atom is -0.508 e. The molecule has 1 N–H and O–H groups in total. The number of amides is 2. The van der Waals surface area contributed by atoms with Crippen molar-refractivity contribution in [2.24, 2.45) is 0 Å². The number of nitrogens with zero attached hydrogens (tertiary/aromatic N) is 1. The second-order valence-electron chi connectivity index (χ2n) is 5.74. The molecule has 0 unspecified atom stereocenters. The first kappa shape index (κ1) is 17.6. The van der Waals surface area contributed by atoms with Crippen LogP contribution >= 0.6 is 0 Å². The molecule has 1 aliphatic heterocycles. The molecular formula is C19H17NO6. The molecule has 7 heteroatoms. The third-order valence-electron chi connectivity index (χ3n) is 4.31. The van der Waals surface area contributed by atoms with Gasteiger partial charge in [0.2, 0.25) is 0 Å².